The van der Waals surface area contributed by atoms with Crippen LogP contribution in [0.4, 0.5) is 11.4 Å². The van der Waals surface area contributed by atoms with Gasteiger partial charge in [-0.3, -0.25) is 4.79 Å². The van der Waals surface area contributed by atoms with Crippen LogP contribution < -0.4 is 11.1 Å². The lowest BCUT2D eigenvalue weighted by molar-refractivity contribution is -0.116. The van der Waals surface area contributed by atoms with E-state index in [0.717, 1.165) is 16.8 Å². The summed E-state index contributed by atoms with van der Waals surface area (Å²) in [6, 6.07) is 3.77. The lowest BCUT2D eigenvalue weighted by Gasteiger charge is -2.14. The molecule has 100 valence electrons. The summed E-state index contributed by atoms with van der Waals surface area (Å²) in [5, 5.41) is 2.92. The number of nitrogens with two attached hydrogens (primary N) is 1. The molecular formula is C14H22N2O2. The largest absolute Gasteiger partial charge is 0.398 e. The maximum atomic E-state index is 11.8. The minimum absolute atomic E-state index is 0.00398. The van der Waals surface area contributed by atoms with Gasteiger partial charge in [0.25, 0.3) is 0 Å². The molecule has 4 nitrogen and oxygen atoms in total. The van der Waals surface area contributed by atoms with Crippen LogP contribution in [-0.4, -0.2) is 19.1 Å². The number of rotatable bonds is 5. The number of hydrogen-bond donors (Lipinski definition) is 2. The Bertz CT molecular complexity index is 430. The highest BCUT2D eigenvalue weighted by molar-refractivity contribution is 5.93. The van der Waals surface area contributed by atoms with Gasteiger partial charge >= 0.3 is 0 Å². The number of nitrogens with one attached hydrogen (secondary N) is 1. The Morgan fingerprint density at radius 3 is 2.72 bits per heavy atom. The van der Waals surface area contributed by atoms with Gasteiger partial charge in [0.15, 0.2) is 0 Å². The minimum atomic E-state index is -0.00398. The first kappa shape index (κ1) is 14.5. The van der Waals surface area contributed by atoms with Gasteiger partial charge in [0.1, 0.15) is 0 Å². The zero-order valence-corrected chi connectivity index (χ0v) is 11.5. The van der Waals surface area contributed by atoms with E-state index in [1.54, 1.807) is 7.11 Å². The second kappa shape index (κ2) is 6.40. The molecule has 0 aliphatic carbocycles. The number of amides is 1. The standard InChI is InChI=1S/C14H22N2O2/c1-9-5-7-12(15)11(3)14(9)16-13(17)8-6-10(2)18-4/h5,7,10H,6,8,15H2,1-4H3,(H,16,17). The number of ether oxygens (including phenoxy) is 1. The minimum Gasteiger partial charge on any atom is -0.398 e. The molecule has 1 rings (SSSR count). The molecule has 3 N–H and O–H groups in total. The molecule has 1 unspecified atom stereocenters. The van der Waals surface area contributed by atoms with Crippen molar-refractivity contribution in [2.24, 2.45) is 0 Å². The predicted molar refractivity (Wildman–Crippen MR) is 74.7 cm³/mol. The SMILES string of the molecule is COC(C)CCC(=O)Nc1c(C)ccc(N)c1C. The van der Waals surface area contributed by atoms with Crippen LogP contribution in [0, 0.1) is 13.8 Å². The van der Waals surface area contributed by atoms with Gasteiger partial charge in [-0.15, -0.1) is 0 Å². The average Bonchev–Trinajstić information content (AvgIpc) is 2.36. The third-order valence-corrected chi connectivity index (χ3v) is 3.16. The molecule has 0 spiro atoms. The van der Waals surface area contributed by atoms with Crippen LogP contribution in [0.1, 0.15) is 30.9 Å². The van der Waals surface area contributed by atoms with Crippen molar-refractivity contribution in [3.05, 3.63) is 23.3 Å². The Labute approximate surface area is 109 Å². The first-order valence-corrected chi connectivity index (χ1v) is 6.14. The van der Waals surface area contributed by atoms with E-state index in [1.807, 2.05) is 32.9 Å². The van der Waals surface area contributed by atoms with E-state index in [0.29, 0.717) is 18.5 Å². The average molecular weight is 250 g/mol. The highest BCUT2D eigenvalue weighted by Crippen LogP contribution is 2.25. The van der Waals surface area contributed by atoms with Crippen LogP contribution in [0.25, 0.3) is 0 Å². The molecule has 0 saturated heterocycles. The van der Waals surface area contributed by atoms with E-state index in [1.165, 1.54) is 0 Å². The van der Waals surface area contributed by atoms with E-state index in [2.05, 4.69) is 5.32 Å². The molecule has 4 heteroatoms. The maximum Gasteiger partial charge on any atom is 0.224 e. The van der Waals surface area contributed by atoms with Gasteiger partial charge in [-0.1, -0.05) is 6.07 Å². The number of aryl methyl sites for hydroxylation is 1. The second-order valence-electron chi connectivity index (χ2n) is 4.60. The molecule has 1 aromatic carbocycles. The quantitative estimate of drug-likeness (QED) is 0.790. The van der Waals surface area contributed by atoms with Gasteiger partial charge in [-0.05, 0) is 44.4 Å². The first-order valence-electron chi connectivity index (χ1n) is 6.14. The maximum absolute atomic E-state index is 11.8. The smallest absolute Gasteiger partial charge is 0.224 e. The van der Waals surface area contributed by atoms with Crippen LogP contribution in [0.3, 0.4) is 0 Å². The number of benzene rings is 1. The van der Waals surface area contributed by atoms with Crippen LogP contribution in [0.2, 0.25) is 0 Å². The van der Waals surface area contributed by atoms with E-state index in [-0.39, 0.29) is 12.0 Å². The molecule has 0 fully saturated rings. The Hall–Kier alpha value is -1.55. The molecule has 0 heterocycles. The number of carbonyl (C=O) groups is 1. The van der Waals surface area contributed by atoms with Gasteiger partial charge in [-0.25, -0.2) is 0 Å². The third kappa shape index (κ3) is 3.74. The molecule has 0 saturated carbocycles. The Morgan fingerprint density at radius 2 is 2.11 bits per heavy atom. The van der Waals surface area contributed by atoms with Gasteiger partial charge in [0, 0.05) is 24.9 Å². The molecule has 0 aromatic heterocycles. The molecule has 0 aliphatic heterocycles. The summed E-state index contributed by atoms with van der Waals surface area (Å²) >= 11 is 0. The number of methoxy groups -OCH3 is 1. The fraction of sp³-hybridized carbons (Fsp3) is 0.500. The van der Waals surface area contributed by atoms with Crippen molar-refractivity contribution < 1.29 is 9.53 Å². The van der Waals surface area contributed by atoms with E-state index in [4.69, 9.17) is 10.5 Å². The van der Waals surface area contributed by atoms with Crippen molar-refractivity contribution in [3.8, 4) is 0 Å². The topological polar surface area (TPSA) is 64.3 Å². The lowest BCUT2D eigenvalue weighted by Crippen LogP contribution is -2.16. The number of nitrogen functional groups attached to an aromatic ring is 1. The summed E-state index contributed by atoms with van der Waals surface area (Å²) in [7, 11) is 1.65. The predicted octanol–water partition coefficient (Wildman–Crippen LogP) is 2.64. The van der Waals surface area contributed by atoms with Crippen molar-refractivity contribution in [2.45, 2.75) is 39.7 Å². The third-order valence-electron chi connectivity index (χ3n) is 3.16. The fourth-order valence-corrected chi connectivity index (χ4v) is 1.71. The highest BCUT2D eigenvalue weighted by Gasteiger charge is 2.10. The summed E-state index contributed by atoms with van der Waals surface area (Å²) in [6.07, 6.45) is 1.25. The highest BCUT2D eigenvalue weighted by atomic mass is 16.5. The molecule has 1 amide bonds. The zero-order chi connectivity index (χ0) is 13.7. The molecule has 0 aliphatic rings. The van der Waals surface area contributed by atoms with Crippen molar-refractivity contribution in [1.82, 2.24) is 0 Å². The monoisotopic (exact) mass is 250 g/mol. The number of hydrogen-bond acceptors (Lipinski definition) is 3. The first-order chi connectivity index (χ1) is 8.45. The van der Waals surface area contributed by atoms with Gasteiger partial charge in [0.05, 0.1) is 6.10 Å². The van der Waals surface area contributed by atoms with Crippen LogP contribution >= 0.6 is 0 Å². The molecule has 0 radical (unpaired) electrons. The van der Waals surface area contributed by atoms with Gasteiger partial charge in [0.2, 0.25) is 5.91 Å². The van der Waals surface area contributed by atoms with Crippen molar-refractivity contribution in [1.29, 1.82) is 0 Å². The summed E-state index contributed by atoms with van der Waals surface area (Å²) in [5.74, 6) is -0.00398. The van der Waals surface area contributed by atoms with Crippen LogP contribution in [-0.2, 0) is 9.53 Å². The van der Waals surface area contributed by atoms with Crippen LogP contribution in [0.5, 0.6) is 0 Å². The molecule has 1 aromatic rings. The van der Waals surface area contributed by atoms with Crippen molar-refractivity contribution >= 4 is 17.3 Å². The summed E-state index contributed by atoms with van der Waals surface area (Å²) < 4.78 is 5.12. The Morgan fingerprint density at radius 1 is 1.44 bits per heavy atom. The lowest BCUT2D eigenvalue weighted by atomic mass is 10.1. The van der Waals surface area contributed by atoms with E-state index >= 15 is 0 Å². The second-order valence-corrected chi connectivity index (χ2v) is 4.60. The Kier molecular flexibility index (Phi) is 5.16. The van der Waals surface area contributed by atoms with Crippen molar-refractivity contribution in [3.63, 3.8) is 0 Å². The summed E-state index contributed by atoms with van der Waals surface area (Å²) in [6.45, 7) is 5.82. The van der Waals surface area contributed by atoms with Gasteiger partial charge < -0.3 is 15.8 Å². The zero-order valence-electron chi connectivity index (χ0n) is 11.5. The Balaban J connectivity index is 2.68. The summed E-state index contributed by atoms with van der Waals surface area (Å²) in [4.78, 5) is 11.8. The van der Waals surface area contributed by atoms with Gasteiger partial charge in [-0.2, -0.15) is 0 Å². The summed E-state index contributed by atoms with van der Waals surface area (Å²) in [5.41, 5.74) is 9.30. The number of anilines is 2. The van der Waals surface area contributed by atoms with Crippen molar-refractivity contribution in [2.75, 3.05) is 18.2 Å². The normalized spacial score (nSPS) is 12.2. The van der Waals surface area contributed by atoms with E-state index in [9.17, 15) is 4.79 Å². The molecule has 18 heavy (non-hydrogen) atoms. The fourth-order valence-electron chi connectivity index (χ4n) is 1.71. The number of carbonyl (C=O) groups excluding carboxylic acids is 1. The van der Waals surface area contributed by atoms with Crippen LogP contribution in [0.15, 0.2) is 12.1 Å². The van der Waals surface area contributed by atoms with E-state index < -0.39 is 0 Å². The molecular weight excluding hydrogens is 228 g/mol. The molecule has 0 bridgehead atoms. The molecule has 1 atom stereocenters.